The molecule has 1 saturated heterocycles. The van der Waals surface area contributed by atoms with E-state index in [1.54, 1.807) is 6.20 Å². The van der Waals surface area contributed by atoms with Gasteiger partial charge in [-0.25, -0.2) is 0 Å². The van der Waals surface area contributed by atoms with E-state index < -0.39 is 0 Å². The molecule has 4 nitrogen and oxygen atoms in total. The second kappa shape index (κ2) is 6.04. The zero-order valence-corrected chi connectivity index (χ0v) is 12.0. The molecule has 1 fully saturated rings. The molecule has 1 aliphatic rings. The summed E-state index contributed by atoms with van der Waals surface area (Å²) in [6, 6.07) is 4.09. The second-order valence-corrected chi connectivity index (χ2v) is 5.70. The minimum atomic E-state index is 0.0549. The maximum Gasteiger partial charge on any atom is 0.272 e. The first-order valence-corrected chi connectivity index (χ1v) is 7.08. The standard InChI is InChI=1S/C15H23N3O/c1-11(2)17-13-4-7-16-14(10-13)15(19)18-8-5-12(3)6-9-18/h4,7,10-12H,5-6,8-9H2,1-3H3,(H,16,17). The molecule has 0 atom stereocenters. The van der Waals surface area contributed by atoms with Crippen molar-refractivity contribution in [2.75, 3.05) is 18.4 Å². The highest BCUT2D eigenvalue weighted by molar-refractivity contribution is 5.93. The van der Waals surface area contributed by atoms with E-state index in [0.29, 0.717) is 11.7 Å². The highest BCUT2D eigenvalue weighted by Gasteiger charge is 2.22. The highest BCUT2D eigenvalue weighted by Crippen LogP contribution is 2.18. The third-order valence-corrected chi connectivity index (χ3v) is 3.51. The number of aromatic nitrogens is 1. The van der Waals surface area contributed by atoms with Gasteiger partial charge in [0, 0.05) is 31.0 Å². The average molecular weight is 261 g/mol. The first kappa shape index (κ1) is 13.8. The average Bonchev–Trinajstić information content (AvgIpc) is 2.38. The Kier molecular flexibility index (Phi) is 4.40. The highest BCUT2D eigenvalue weighted by atomic mass is 16.2. The van der Waals surface area contributed by atoms with Gasteiger partial charge in [-0.15, -0.1) is 0 Å². The van der Waals surface area contributed by atoms with Gasteiger partial charge in [0.1, 0.15) is 5.69 Å². The molecular weight excluding hydrogens is 238 g/mol. The van der Waals surface area contributed by atoms with E-state index >= 15 is 0 Å². The third-order valence-electron chi connectivity index (χ3n) is 3.51. The van der Waals surface area contributed by atoms with Crippen molar-refractivity contribution < 1.29 is 4.79 Å². The molecule has 0 spiro atoms. The van der Waals surface area contributed by atoms with Crippen molar-refractivity contribution in [1.29, 1.82) is 0 Å². The van der Waals surface area contributed by atoms with Crippen LogP contribution in [-0.4, -0.2) is 34.9 Å². The van der Waals surface area contributed by atoms with Crippen LogP contribution < -0.4 is 5.32 Å². The molecule has 0 radical (unpaired) electrons. The van der Waals surface area contributed by atoms with Crippen LogP contribution in [0.25, 0.3) is 0 Å². The molecule has 19 heavy (non-hydrogen) atoms. The zero-order chi connectivity index (χ0) is 13.8. The Morgan fingerprint density at radius 1 is 1.42 bits per heavy atom. The van der Waals surface area contributed by atoms with Crippen LogP contribution in [0.3, 0.4) is 0 Å². The summed E-state index contributed by atoms with van der Waals surface area (Å²) >= 11 is 0. The van der Waals surface area contributed by atoms with Gasteiger partial charge in [0.05, 0.1) is 0 Å². The SMILES string of the molecule is CC1CCN(C(=O)c2cc(NC(C)C)ccn2)CC1. The smallest absolute Gasteiger partial charge is 0.272 e. The second-order valence-electron chi connectivity index (χ2n) is 5.70. The summed E-state index contributed by atoms with van der Waals surface area (Å²) in [5.41, 5.74) is 1.50. The van der Waals surface area contributed by atoms with Crippen LogP contribution in [0.2, 0.25) is 0 Å². The normalized spacial score (nSPS) is 16.7. The van der Waals surface area contributed by atoms with E-state index in [0.717, 1.165) is 37.5 Å². The Morgan fingerprint density at radius 2 is 2.11 bits per heavy atom. The maximum absolute atomic E-state index is 12.4. The summed E-state index contributed by atoms with van der Waals surface area (Å²) in [5, 5.41) is 3.30. The van der Waals surface area contributed by atoms with Crippen molar-refractivity contribution in [1.82, 2.24) is 9.88 Å². The third kappa shape index (κ3) is 3.69. The number of piperidine rings is 1. The molecule has 104 valence electrons. The fourth-order valence-corrected chi connectivity index (χ4v) is 2.34. The number of hydrogen-bond acceptors (Lipinski definition) is 3. The molecule has 0 unspecified atom stereocenters. The molecule has 0 bridgehead atoms. The Morgan fingerprint density at radius 3 is 2.74 bits per heavy atom. The van der Waals surface area contributed by atoms with Crippen LogP contribution in [-0.2, 0) is 0 Å². The number of amides is 1. The summed E-state index contributed by atoms with van der Waals surface area (Å²) < 4.78 is 0. The summed E-state index contributed by atoms with van der Waals surface area (Å²) in [6.07, 6.45) is 3.88. The van der Waals surface area contributed by atoms with Gasteiger partial charge in [-0.3, -0.25) is 9.78 Å². The number of nitrogens with zero attached hydrogens (tertiary/aromatic N) is 2. The number of likely N-dealkylation sites (tertiary alicyclic amines) is 1. The van der Waals surface area contributed by atoms with Crippen LogP contribution in [0.4, 0.5) is 5.69 Å². The van der Waals surface area contributed by atoms with E-state index in [1.165, 1.54) is 0 Å². The van der Waals surface area contributed by atoms with Crippen LogP contribution in [0.15, 0.2) is 18.3 Å². The van der Waals surface area contributed by atoms with Gasteiger partial charge in [-0.05, 0) is 44.7 Å². The van der Waals surface area contributed by atoms with Crippen molar-refractivity contribution in [3.63, 3.8) is 0 Å². The number of nitrogens with one attached hydrogen (secondary N) is 1. The van der Waals surface area contributed by atoms with Crippen molar-refractivity contribution in [3.8, 4) is 0 Å². The Bertz CT molecular complexity index is 437. The number of pyridine rings is 1. The topological polar surface area (TPSA) is 45.2 Å². The fraction of sp³-hybridized carbons (Fsp3) is 0.600. The number of carbonyl (C=O) groups is 1. The molecule has 4 heteroatoms. The van der Waals surface area contributed by atoms with Crippen LogP contribution in [0.5, 0.6) is 0 Å². The van der Waals surface area contributed by atoms with Crippen LogP contribution >= 0.6 is 0 Å². The first-order chi connectivity index (χ1) is 9.06. The van der Waals surface area contributed by atoms with Gasteiger partial charge in [-0.1, -0.05) is 6.92 Å². The lowest BCUT2D eigenvalue weighted by Gasteiger charge is -2.30. The van der Waals surface area contributed by atoms with E-state index in [4.69, 9.17) is 0 Å². The van der Waals surface area contributed by atoms with Gasteiger partial charge in [-0.2, -0.15) is 0 Å². The van der Waals surface area contributed by atoms with Crippen LogP contribution in [0, 0.1) is 5.92 Å². The van der Waals surface area contributed by atoms with Crippen molar-refractivity contribution in [2.45, 2.75) is 39.7 Å². The summed E-state index contributed by atoms with van der Waals surface area (Å²) in [7, 11) is 0. The van der Waals surface area contributed by atoms with Crippen LogP contribution in [0.1, 0.15) is 44.1 Å². The molecule has 0 aliphatic carbocycles. The van der Waals surface area contributed by atoms with E-state index in [9.17, 15) is 4.79 Å². The Hall–Kier alpha value is -1.58. The Labute approximate surface area is 115 Å². The summed E-state index contributed by atoms with van der Waals surface area (Å²) in [6.45, 7) is 8.10. The molecule has 1 aromatic heterocycles. The molecule has 0 saturated carbocycles. The number of rotatable bonds is 3. The fourth-order valence-electron chi connectivity index (χ4n) is 2.34. The molecule has 0 aromatic carbocycles. The lowest BCUT2D eigenvalue weighted by molar-refractivity contribution is 0.0691. The van der Waals surface area contributed by atoms with E-state index in [-0.39, 0.29) is 5.91 Å². The minimum absolute atomic E-state index is 0.0549. The monoisotopic (exact) mass is 261 g/mol. The number of anilines is 1. The van der Waals surface area contributed by atoms with Crippen molar-refractivity contribution >= 4 is 11.6 Å². The molecule has 1 amide bonds. The number of carbonyl (C=O) groups excluding carboxylic acids is 1. The minimum Gasteiger partial charge on any atom is -0.383 e. The lowest BCUT2D eigenvalue weighted by Crippen LogP contribution is -2.38. The first-order valence-electron chi connectivity index (χ1n) is 7.08. The largest absolute Gasteiger partial charge is 0.383 e. The Balaban J connectivity index is 2.06. The van der Waals surface area contributed by atoms with Gasteiger partial charge in [0.25, 0.3) is 5.91 Å². The molecule has 2 rings (SSSR count). The molecular formula is C15H23N3O. The van der Waals surface area contributed by atoms with E-state index in [1.807, 2.05) is 17.0 Å². The molecule has 1 aliphatic heterocycles. The summed E-state index contributed by atoms with van der Waals surface area (Å²) in [4.78, 5) is 18.5. The molecule has 1 aromatic rings. The van der Waals surface area contributed by atoms with Gasteiger partial charge >= 0.3 is 0 Å². The van der Waals surface area contributed by atoms with E-state index in [2.05, 4.69) is 31.1 Å². The van der Waals surface area contributed by atoms with Gasteiger partial charge in [0.15, 0.2) is 0 Å². The summed E-state index contributed by atoms with van der Waals surface area (Å²) in [5.74, 6) is 0.783. The molecule has 2 heterocycles. The lowest BCUT2D eigenvalue weighted by atomic mass is 9.99. The predicted molar refractivity (Wildman–Crippen MR) is 77.3 cm³/mol. The molecule has 1 N–H and O–H groups in total. The van der Waals surface area contributed by atoms with Gasteiger partial charge in [0.2, 0.25) is 0 Å². The maximum atomic E-state index is 12.4. The zero-order valence-electron chi connectivity index (χ0n) is 12.0. The number of hydrogen-bond donors (Lipinski definition) is 1. The quantitative estimate of drug-likeness (QED) is 0.910. The van der Waals surface area contributed by atoms with Gasteiger partial charge < -0.3 is 10.2 Å². The van der Waals surface area contributed by atoms with Crippen molar-refractivity contribution in [3.05, 3.63) is 24.0 Å². The van der Waals surface area contributed by atoms with Crippen molar-refractivity contribution in [2.24, 2.45) is 5.92 Å². The predicted octanol–water partition coefficient (Wildman–Crippen LogP) is 2.77.